The molecule has 5 heteroatoms. The Hall–Kier alpha value is -2.95. The Kier molecular flexibility index (Phi) is 3.19. The van der Waals surface area contributed by atoms with E-state index in [9.17, 15) is 9.18 Å². The highest BCUT2D eigenvalue weighted by Crippen LogP contribution is 2.42. The predicted octanol–water partition coefficient (Wildman–Crippen LogP) is 3.66. The van der Waals surface area contributed by atoms with Gasteiger partial charge in [0.2, 0.25) is 5.88 Å². The van der Waals surface area contributed by atoms with Gasteiger partial charge in [-0.05, 0) is 23.3 Å². The third-order valence-electron chi connectivity index (χ3n) is 4.03. The summed E-state index contributed by atoms with van der Waals surface area (Å²) in [6.07, 6.45) is 0.206. The molecular formula is C18H13FN2O2. The number of rotatable bonds is 2. The number of ether oxygens (including phenoxy) is 1. The van der Waals surface area contributed by atoms with E-state index in [0.29, 0.717) is 5.88 Å². The minimum atomic E-state index is -0.335. The van der Waals surface area contributed by atoms with Crippen LogP contribution in [0.25, 0.3) is 11.3 Å². The molecule has 0 unspecified atom stereocenters. The van der Waals surface area contributed by atoms with Gasteiger partial charge in [-0.3, -0.25) is 9.89 Å². The van der Waals surface area contributed by atoms with Crippen molar-refractivity contribution in [3.63, 3.8) is 0 Å². The maximum atomic E-state index is 13.2. The number of carbonyl (C=O) groups excluding carboxylic acids is 1. The first-order valence-electron chi connectivity index (χ1n) is 7.32. The topological polar surface area (TPSA) is 55.0 Å². The molecule has 1 N–H and O–H groups in total. The minimum absolute atomic E-state index is 0.206. The monoisotopic (exact) mass is 308 g/mol. The number of esters is 1. The summed E-state index contributed by atoms with van der Waals surface area (Å²) in [6.45, 7) is 0. The van der Waals surface area contributed by atoms with Crippen molar-refractivity contribution in [1.82, 2.24) is 10.2 Å². The molecule has 0 saturated heterocycles. The van der Waals surface area contributed by atoms with Gasteiger partial charge in [0.1, 0.15) is 5.82 Å². The minimum Gasteiger partial charge on any atom is -0.405 e. The largest absolute Gasteiger partial charge is 0.405 e. The number of fused-ring (bicyclic) bond motifs is 1. The van der Waals surface area contributed by atoms with Crippen LogP contribution in [0.1, 0.15) is 23.5 Å². The van der Waals surface area contributed by atoms with Gasteiger partial charge < -0.3 is 4.74 Å². The third kappa shape index (κ3) is 2.40. The maximum absolute atomic E-state index is 13.2. The zero-order valence-corrected chi connectivity index (χ0v) is 12.1. The van der Waals surface area contributed by atoms with E-state index in [0.717, 1.165) is 22.4 Å². The molecule has 0 radical (unpaired) electrons. The van der Waals surface area contributed by atoms with E-state index >= 15 is 0 Å². The van der Waals surface area contributed by atoms with Crippen LogP contribution >= 0.6 is 0 Å². The Bertz CT molecular complexity index is 856. The van der Waals surface area contributed by atoms with Crippen LogP contribution in [0.15, 0.2) is 54.6 Å². The maximum Gasteiger partial charge on any atom is 0.313 e. The number of aromatic nitrogens is 2. The number of halogens is 1. The fraction of sp³-hybridized carbons (Fsp3) is 0.111. The van der Waals surface area contributed by atoms with Gasteiger partial charge in [0, 0.05) is 5.92 Å². The molecule has 0 spiro atoms. The molecule has 4 rings (SSSR count). The normalized spacial score (nSPS) is 16.7. The quantitative estimate of drug-likeness (QED) is 0.735. The molecule has 23 heavy (non-hydrogen) atoms. The molecule has 4 nitrogen and oxygen atoms in total. The van der Waals surface area contributed by atoms with Crippen molar-refractivity contribution in [3.8, 4) is 17.1 Å². The van der Waals surface area contributed by atoms with Gasteiger partial charge in [-0.15, -0.1) is 5.10 Å². The van der Waals surface area contributed by atoms with Gasteiger partial charge in [0.05, 0.1) is 17.7 Å². The Labute approximate surface area is 131 Å². The van der Waals surface area contributed by atoms with Crippen LogP contribution in [-0.2, 0) is 4.79 Å². The molecule has 0 amide bonds. The molecule has 2 heterocycles. The lowest BCUT2D eigenvalue weighted by Crippen LogP contribution is -2.20. The average Bonchev–Trinajstić information content (AvgIpc) is 2.99. The fourth-order valence-corrected chi connectivity index (χ4v) is 2.96. The van der Waals surface area contributed by atoms with E-state index in [4.69, 9.17) is 4.74 Å². The summed E-state index contributed by atoms with van der Waals surface area (Å²) in [5.41, 5.74) is 3.49. The third-order valence-corrected chi connectivity index (χ3v) is 4.03. The second-order valence-electron chi connectivity index (χ2n) is 5.47. The second-order valence-corrected chi connectivity index (χ2v) is 5.47. The van der Waals surface area contributed by atoms with Crippen LogP contribution in [-0.4, -0.2) is 16.2 Å². The molecule has 1 atom stereocenters. The number of nitrogens with one attached hydrogen (secondary N) is 1. The van der Waals surface area contributed by atoms with Crippen LogP contribution in [0.2, 0.25) is 0 Å². The number of benzene rings is 2. The first kappa shape index (κ1) is 13.7. The van der Waals surface area contributed by atoms with Gasteiger partial charge in [0.15, 0.2) is 0 Å². The van der Waals surface area contributed by atoms with E-state index in [1.54, 1.807) is 12.1 Å². The first-order valence-corrected chi connectivity index (χ1v) is 7.32. The molecule has 2 aromatic carbocycles. The van der Waals surface area contributed by atoms with Crippen LogP contribution < -0.4 is 4.74 Å². The van der Waals surface area contributed by atoms with Gasteiger partial charge in [0.25, 0.3) is 0 Å². The summed E-state index contributed by atoms with van der Waals surface area (Å²) in [5.74, 6) is -0.545. The smallest absolute Gasteiger partial charge is 0.313 e. The summed E-state index contributed by atoms with van der Waals surface area (Å²) in [4.78, 5) is 11.9. The Morgan fingerprint density at radius 3 is 2.57 bits per heavy atom. The highest BCUT2D eigenvalue weighted by atomic mass is 19.1. The molecular weight excluding hydrogens is 295 g/mol. The van der Waals surface area contributed by atoms with Crippen LogP contribution in [0.3, 0.4) is 0 Å². The average molecular weight is 308 g/mol. The molecule has 0 bridgehead atoms. The van der Waals surface area contributed by atoms with E-state index in [2.05, 4.69) is 10.2 Å². The van der Waals surface area contributed by atoms with Crippen molar-refractivity contribution in [3.05, 3.63) is 71.5 Å². The van der Waals surface area contributed by atoms with Crippen LogP contribution in [0.5, 0.6) is 5.88 Å². The SMILES string of the molecule is O=C1C[C@H](c2ccc(F)cc2)c2c(n[nH]c2-c2ccccc2)O1. The van der Waals surface area contributed by atoms with E-state index in [1.807, 2.05) is 30.3 Å². The Morgan fingerprint density at radius 1 is 1.09 bits per heavy atom. The van der Waals surface area contributed by atoms with Crippen molar-refractivity contribution in [1.29, 1.82) is 0 Å². The zero-order chi connectivity index (χ0) is 15.8. The zero-order valence-electron chi connectivity index (χ0n) is 12.1. The number of nitrogens with zero attached hydrogens (tertiary/aromatic N) is 1. The Morgan fingerprint density at radius 2 is 1.83 bits per heavy atom. The van der Waals surface area contributed by atoms with Gasteiger partial charge >= 0.3 is 5.97 Å². The highest BCUT2D eigenvalue weighted by Gasteiger charge is 2.33. The van der Waals surface area contributed by atoms with Crippen LogP contribution in [0, 0.1) is 5.82 Å². The highest BCUT2D eigenvalue weighted by molar-refractivity contribution is 5.80. The number of aromatic amines is 1. The lowest BCUT2D eigenvalue weighted by Gasteiger charge is -2.22. The summed E-state index contributed by atoms with van der Waals surface area (Å²) >= 11 is 0. The van der Waals surface area contributed by atoms with Crippen molar-refractivity contribution in [2.75, 3.05) is 0 Å². The van der Waals surface area contributed by atoms with E-state index < -0.39 is 0 Å². The van der Waals surface area contributed by atoms with Crippen molar-refractivity contribution in [2.45, 2.75) is 12.3 Å². The van der Waals surface area contributed by atoms with Gasteiger partial charge in [-0.25, -0.2) is 4.39 Å². The molecule has 114 valence electrons. The molecule has 0 saturated carbocycles. The summed E-state index contributed by atoms with van der Waals surface area (Å²) < 4.78 is 18.5. The molecule has 0 aliphatic carbocycles. The summed E-state index contributed by atoms with van der Waals surface area (Å²) in [5, 5.41) is 7.10. The summed E-state index contributed by atoms with van der Waals surface area (Å²) in [7, 11) is 0. The predicted molar refractivity (Wildman–Crippen MR) is 82.5 cm³/mol. The molecule has 1 aliphatic rings. The number of hydrogen-bond acceptors (Lipinski definition) is 3. The van der Waals surface area contributed by atoms with Crippen molar-refractivity contribution >= 4 is 5.97 Å². The number of carbonyl (C=O) groups is 1. The number of H-pyrrole nitrogens is 1. The van der Waals surface area contributed by atoms with Crippen molar-refractivity contribution in [2.24, 2.45) is 0 Å². The standard InChI is InChI=1S/C18H13FN2O2/c19-13-8-6-11(7-9-13)14-10-15(22)23-18-16(14)17(20-21-18)12-4-2-1-3-5-12/h1-9,14H,10H2,(H,20,21)/t14-/m1/s1. The van der Waals surface area contributed by atoms with E-state index in [-0.39, 0.29) is 24.1 Å². The lowest BCUT2D eigenvalue weighted by atomic mass is 9.86. The van der Waals surface area contributed by atoms with Crippen molar-refractivity contribution < 1.29 is 13.9 Å². The van der Waals surface area contributed by atoms with E-state index in [1.165, 1.54) is 12.1 Å². The summed E-state index contributed by atoms with van der Waals surface area (Å²) in [6, 6.07) is 15.9. The van der Waals surface area contributed by atoms with Gasteiger partial charge in [-0.2, -0.15) is 0 Å². The van der Waals surface area contributed by atoms with Crippen LogP contribution in [0.4, 0.5) is 4.39 Å². The molecule has 0 fully saturated rings. The Balaban J connectivity index is 1.86. The second kappa shape index (κ2) is 5.35. The molecule has 3 aromatic rings. The fourth-order valence-electron chi connectivity index (χ4n) is 2.96. The lowest BCUT2D eigenvalue weighted by molar-refractivity contribution is -0.135. The first-order chi connectivity index (χ1) is 11.2. The molecule has 1 aromatic heterocycles. The number of hydrogen-bond donors (Lipinski definition) is 1. The molecule has 1 aliphatic heterocycles. The van der Waals surface area contributed by atoms with Gasteiger partial charge in [-0.1, -0.05) is 42.5 Å².